The first-order valence-electron chi connectivity index (χ1n) is 13.1. The molecule has 10 heteroatoms. The van der Waals surface area contributed by atoms with Crippen LogP contribution in [0, 0.1) is 0 Å². The van der Waals surface area contributed by atoms with Crippen molar-refractivity contribution in [3.63, 3.8) is 0 Å². The zero-order valence-corrected chi connectivity index (χ0v) is 24.3. The molecule has 2 fully saturated rings. The van der Waals surface area contributed by atoms with Crippen LogP contribution in [0.3, 0.4) is 0 Å². The van der Waals surface area contributed by atoms with Gasteiger partial charge in [0.1, 0.15) is 36.9 Å². The molecular weight excluding hydrogens is 502 g/mol. The minimum absolute atomic E-state index is 0.0322. The molecule has 2 aliphatic heterocycles. The summed E-state index contributed by atoms with van der Waals surface area (Å²) in [6.07, 6.45) is 2.56. The molecular formula is C28H37N3O6Si. The fourth-order valence-corrected chi connectivity index (χ4v) is 7.47. The Balaban J connectivity index is 1.49. The van der Waals surface area contributed by atoms with Crippen LogP contribution in [0.1, 0.15) is 50.7 Å². The maximum Gasteiger partial charge on any atom is 0.338 e. The Labute approximate surface area is 225 Å². The third kappa shape index (κ3) is 4.91. The molecule has 0 amide bonds. The lowest BCUT2D eigenvalue weighted by Crippen LogP contribution is -2.54. The van der Waals surface area contributed by atoms with Gasteiger partial charge in [-0.05, 0) is 52.8 Å². The van der Waals surface area contributed by atoms with Crippen LogP contribution in [0.5, 0.6) is 0 Å². The summed E-state index contributed by atoms with van der Waals surface area (Å²) < 4.78 is 33.7. The molecule has 0 N–H and O–H groups in total. The number of aromatic nitrogens is 3. The van der Waals surface area contributed by atoms with E-state index in [9.17, 15) is 4.79 Å². The van der Waals surface area contributed by atoms with E-state index in [0.717, 1.165) is 5.39 Å². The van der Waals surface area contributed by atoms with Gasteiger partial charge in [-0.25, -0.2) is 14.8 Å². The largest absolute Gasteiger partial charge is 0.456 e. The Morgan fingerprint density at radius 3 is 2.50 bits per heavy atom. The van der Waals surface area contributed by atoms with Crippen molar-refractivity contribution < 1.29 is 28.5 Å². The normalized spacial score (nSPS) is 26.7. The zero-order chi connectivity index (χ0) is 27.3. The lowest BCUT2D eigenvalue weighted by Gasteiger charge is -2.39. The molecule has 0 unspecified atom stereocenters. The molecule has 2 saturated heterocycles. The van der Waals surface area contributed by atoms with Crippen LogP contribution in [-0.2, 0) is 35.6 Å². The number of fused-ring (bicyclic) bond motifs is 2. The van der Waals surface area contributed by atoms with Crippen LogP contribution in [-0.4, -0.2) is 65.6 Å². The number of ether oxygens (including phenoxy) is 5. The SMILES string of the molecule is C[SiH](C)[C@]1(n2ccc3c(COC(=O)c4ccccc4)ncnc32)O[C@H](COC(C)(C)C)[C@H]2OC(C)(C)O[C@H]21. The van der Waals surface area contributed by atoms with E-state index in [2.05, 4.69) is 27.6 Å². The lowest BCUT2D eigenvalue weighted by molar-refractivity contribution is -0.217. The van der Waals surface area contributed by atoms with E-state index in [0.29, 0.717) is 23.5 Å². The second kappa shape index (κ2) is 9.84. The van der Waals surface area contributed by atoms with Crippen molar-refractivity contribution in [3.05, 3.63) is 60.2 Å². The number of rotatable bonds is 7. The summed E-state index contributed by atoms with van der Waals surface area (Å²) in [6, 6.07) is 10.9. The van der Waals surface area contributed by atoms with Crippen molar-refractivity contribution in [3.8, 4) is 0 Å². The van der Waals surface area contributed by atoms with Crippen molar-refractivity contribution >= 4 is 25.8 Å². The van der Waals surface area contributed by atoms with Crippen molar-refractivity contribution in [2.24, 2.45) is 0 Å². The minimum Gasteiger partial charge on any atom is -0.456 e. The van der Waals surface area contributed by atoms with Crippen molar-refractivity contribution in [1.29, 1.82) is 0 Å². The van der Waals surface area contributed by atoms with E-state index in [1.54, 1.807) is 24.3 Å². The van der Waals surface area contributed by atoms with Crippen LogP contribution in [0.15, 0.2) is 48.9 Å². The van der Waals surface area contributed by atoms with Gasteiger partial charge in [-0.15, -0.1) is 0 Å². The third-order valence-corrected chi connectivity index (χ3v) is 9.44. The highest BCUT2D eigenvalue weighted by Crippen LogP contribution is 2.49. The van der Waals surface area contributed by atoms with Gasteiger partial charge in [-0.2, -0.15) is 0 Å². The van der Waals surface area contributed by atoms with Gasteiger partial charge in [0.25, 0.3) is 0 Å². The number of hydrogen-bond donors (Lipinski definition) is 0. The molecule has 0 bridgehead atoms. The molecule has 4 heterocycles. The first kappa shape index (κ1) is 27.0. The highest BCUT2D eigenvalue weighted by Gasteiger charge is 2.65. The van der Waals surface area contributed by atoms with Crippen molar-refractivity contribution in [2.45, 2.75) is 89.4 Å². The quantitative estimate of drug-likeness (QED) is 0.326. The molecule has 9 nitrogen and oxygen atoms in total. The summed E-state index contributed by atoms with van der Waals surface area (Å²) in [7, 11) is -1.65. The van der Waals surface area contributed by atoms with Gasteiger partial charge in [-0.3, -0.25) is 0 Å². The predicted molar refractivity (Wildman–Crippen MR) is 144 cm³/mol. The maximum absolute atomic E-state index is 12.5. The highest BCUT2D eigenvalue weighted by atomic mass is 28.3. The standard InChI is InChI=1S/C28H37N3O6Si/c1-26(2,3)34-16-21-22-23(37-27(4,5)36-22)28(35-21,38(6)7)31-14-13-19-20(29-17-30-24(19)31)15-33-25(32)18-11-9-8-10-12-18/h8-14,17,21-23,38H,15-16H2,1-7H3/t21-,22-,23-,28-/m1/s1. The third-order valence-electron chi connectivity index (χ3n) is 7.04. The molecule has 2 aromatic heterocycles. The van der Waals surface area contributed by atoms with Gasteiger partial charge >= 0.3 is 5.97 Å². The van der Waals surface area contributed by atoms with Crippen molar-refractivity contribution in [1.82, 2.24) is 14.5 Å². The van der Waals surface area contributed by atoms with E-state index in [4.69, 9.17) is 23.7 Å². The van der Waals surface area contributed by atoms with Crippen LogP contribution in [0.25, 0.3) is 11.0 Å². The fraction of sp³-hybridized carbons (Fsp3) is 0.536. The molecule has 0 spiro atoms. The van der Waals surface area contributed by atoms with Crippen molar-refractivity contribution in [2.75, 3.05) is 6.61 Å². The average Bonchev–Trinajstić information content (AvgIpc) is 3.51. The molecule has 4 atom stereocenters. The zero-order valence-electron chi connectivity index (χ0n) is 23.1. The first-order valence-corrected chi connectivity index (χ1v) is 16.0. The van der Waals surface area contributed by atoms with E-state index < -0.39 is 25.9 Å². The Hall–Kier alpha value is -2.63. The number of carbonyl (C=O) groups is 1. The monoisotopic (exact) mass is 539 g/mol. The lowest BCUT2D eigenvalue weighted by atomic mass is 10.1. The molecule has 2 aliphatic rings. The molecule has 3 aromatic rings. The summed E-state index contributed by atoms with van der Waals surface area (Å²) in [5, 5.41) is 0.0356. The molecule has 1 aromatic carbocycles. The molecule has 5 rings (SSSR count). The van der Waals surface area contributed by atoms with E-state index in [1.165, 1.54) is 6.33 Å². The van der Waals surface area contributed by atoms with E-state index >= 15 is 0 Å². The first-order chi connectivity index (χ1) is 17.9. The molecule has 0 aliphatic carbocycles. The van der Waals surface area contributed by atoms with Gasteiger partial charge in [0.05, 0.1) is 32.3 Å². The van der Waals surface area contributed by atoms with E-state index in [1.807, 2.05) is 52.9 Å². The van der Waals surface area contributed by atoms with Gasteiger partial charge in [0.2, 0.25) is 0 Å². The Kier molecular flexibility index (Phi) is 6.98. The fourth-order valence-electron chi connectivity index (χ4n) is 5.35. The number of nitrogens with zero attached hydrogens (tertiary/aromatic N) is 3. The molecule has 0 radical (unpaired) electrons. The van der Waals surface area contributed by atoms with Gasteiger partial charge in [0, 0.05) is 11.6 Å². The number of benzene rings is 1. The smallest absolute Gasteiger partial charge is 0.338 e. The average molecular weight is 540 g/mol. The number of hydrogen-bond acceptors (Lipinski definition) is 8. The Morgan fingerprint density at radius 2 is 1.82 bits per heavy atom. The predicted octanol–water partition coefficient (Wildman–Crippen LogP) is 4.20. The number of carbonyl (C=O) groups excluding carboxylic acids is 1. The summed E-state index contributed by atoms with van der Waals surface area (Å²) in [6.45, 7) is 14.9. The summed E-state index contributed by atoms with van der Waals surface area (Å²) in [4.78, 5) is 21.6. The highest BCUT2D eigenvalue weighted by molar-refractivity contribution is 6.58. The van der Waals surface area contributed by atoms with Crippen LogP contribution in [0.2, 0.25) is 13.1 Å². The van der Waals surface area contributed by atoms with Gasteiger partial charge < -0.3 is 28.3 Å². The summed E-state index contributed by atoms with van der Waals surface area (Å²) in [5.41, 5.74) is 1.52. The Morgan fingerprint density at radius 1 is 1.08 bits per heavy atom. The van der Waals surface area contributed by atoms with Crippen LogP contribution >= 0.6 is 0 Å². The van der Waals surface area contributed by atoms with Crippen LogP contribution in [0.4, 0.5) is 0 Å². The van der Waals surface area contributed by atoms with Crippen LogP contribution < -0.4 is 0 Å². The second-order valence-corrected chi connectivity index (χ2v) is 14.8. The Bertz CT molecular complexity index is 1300. The summed E-state index contributed by atoms with van der Waals surface area (Å²) >= 11 is 0. The molecule has 204 valence electrons. The number of esters is 1. The van der Waals surface area contributed by atoms with E-state index in [-0.39, 0.29) is 30.5 Å². The maximum atomic E-state index is 12.5. The van der Waals surface area contributed by atoms with Gasteiger partial charge in [0.15, 0.2) is 11.1 Å². The summed E-state index contributed by atoms with van der Waals surface area (Å²) in [5.74, 6) is -1.15. The minimum atomic E-state index is -1.65. The topological polar surface area (TPSA) is 93.9 Å². The molecule has 0 saturated carbocycles. The molecule has 38 heavy (non-hydrogen) atoms. The van der Waals surface area contributed by atoms with Gasteiger partial charge in [-0.1, -0.05) is 31.3 Å². The second-order valence-electron chi connectivity index (χ2n) is 11.7.